The van der Waals surface area contributed by atoms with Crippen LogP contribution in [0.4, 0.5) is 0 Å². The molecule has 0 aliphatic heterocycles. The van der Waals surface area contributed by atoms with Crippen LogP contribution in [0.1, 0.15) is 20.3 Å². The van der Waals surface area contributed by atoms with Gasteiger partial charge in [0.2, 0.25) is 0 Å². The second-order valence-corrected chi connectivity index (χ2v) is 4.34. The lowest BCUT2D eigenvalue weighted by Crippen LogP contribution is -2.15. The molecule has 0 aromatic carbocycles. The van der Waals surface area contributed by atoms with E-state index in [0.717, 1.165) is 6.42 Å². The van der Waals surface area contributed by atoms with Gasteiger partial charge in [0, 0.05) is 22.8 Å². The molecular formula is C7H16O2S. The molecule has 3 atom stereocenters. The molecule has 0 aromatic rings. The summed E-state index contributed by atoms with van der Waals surface area (Å²) < 4.78 is 10.6. The van der Waals surface area contributed by atoms with E-state index in [4.69, 9.17) is 5.11 Å². The second kappa shape index (κ2) is 4.85. The molecule has 62 valence electrons. The van der Waals surface area contributed by atoms with Crippen LogP contribution in [0.25, 0.3) is 0 Å². The Kier molecular flexibility index (Phi) is 4.91. The Labute approximate surface area is 65.1 Å². The highest BCUT2D eigenvalue weighted by Crippen LogP contribution is 2.07. The Bertz CT molecular complexity index is 112. The second-order valence-electron chi connectivity index (χ2n) is 2.78. The van der Waals surface area contributed by atoms with Gasteiger partial charge < -0.3 is 5.11 Å². The minimum absolute atomic E-state index is 0.267. The maximum Gasteiger partial charge on any atom is 0.0537 e. The van der Waals surface area contributed by atoms with Crippen molar-refractivity contribution in [1.82, 2.24) is 0 Å². The fourth-order valence-electron chi connectivity index (χ4n) is 0.593. The van der Waals surface area contributed by atoms with Crippen LogP contribution >= 0.6 is 0 Å². The third-order valence-electron chi connectivity index (χ3n) is 1.68. The predicted molar refractivity (Wildman–Crippen MR) is 44.4 cm³/mol. The first-order valence-electron chi connectivity index (χ1n) is 3.52. The monoisotopic (exact) mass is 164 g/mol. The first kappa shape index (κ1) is 10.1. The Balaban J connectivity index is 3.39. The summed E-state index contributed by atoms with van der Waals surface area (Å²) in [6.07, 6.45) is 2.26. The Hall–Kier alpha value is 0.110. The van der Waals surface area contributed by atoms with Crippen LogP contribution in [0.5, 0.6) is 0 Å². The molecular weight excluding hydrogens is 148 g/mol. The maximum atomic E-state index is 10.6. The first-order chi connectivity index (χ1) is 4.54. The van der Waals surface area contributed by atoms with Crippen molar-refractivity contribution in [1.29, 1.82) is 0 Å². The van der Waals surface area contributed by atoms with Crippen molar-refractivity contribution < 1.29 is 9.32 Å². The maximum absolute atomic E-state index is 10.6. The quantitative estimate of drug-likeness (QED) is 0.666. The molecule has 0 aromatic heterocycles. The zero-order valence-corrected chi connectivity index (χ0v) is 7.65. The molecule has 0 saturated carbocycles. The summed E-state index contributed by atoms with van der Waals surface area (Å²) >= 11 is 0. The van der Waals surface area contributed by atoms with Crippen molar-refractivity contribution >= 4 is 10.8 Å². The molecule has 0 radical (unpaired) electrons. The highest BCUT2D eigenvalue weighted by molar-refractivity contribution is 7.84. The molecule has 0 fully saturated rings. The van der Waals surface area contributed by atoms with E-state index >= 15 is 0 Å². The molecule has 3 unspecified atom stereocenters. The molecule has 0 heterocycles. The number of aliphatic hydroxyl groups excluding tert-OH is 1. The van der Waals surface area contributed by atoms with E-state index in [0.29, 0.717) is 5.75 Å². The lowest BCUT2D eigenvalue weighted by Gasteiger charge is -2.12. The van der Waals surface area contributed by atoms with E-state index in [-0.39, 0.29) is 12.0 Å². The average molecular weight is 164 g/mol. The van der Waals surface area contributed by atoms with Crippen LogP contribution < -0.4 is 0 Å². The Morgan fingerprint density at radius 2 is 2.00 bits per heavy atom. The van der Waals surface area contributed by atoms with Crippen molar-refractivity contribution in [2.24, 2.45) is 5.92 Å². The normalized spacial score (nSPS) is 20.0. The van der Waals surface area contributed by atoms with Crippen LogP contribution in [0.3, 0.4) is 0 Å². The van der Waals surface area contributed by atoms with Gasteiger partial charge in [0.05, 0.1) is 6.10 Å². The molecule has 10 heavy (non-hydrogen) atoms. The van der Waals surface area contributed by atoms with Crippen molar-refractivity contribution in [2.45, 2.75) is 26.4 Å². The van der Waals surface area contributed by atoms with Gasteiger partial charge in [-0.1, -0.05) is 6.92 Å². The van der Waals surface area contributed by atoms with Crippen LogP contribution in [-0.4, -0.2) is 27.4 Å². The Morgan fingerprint density at radius 1 is 1.50 bits per heavy atom. The van der Waals surface area contributed by atoms with E-state index in [9.17, 15) is 4.21 Å². The van der Waals surface area contributed by atoms with Crippen LogP contribution in [0, 0.1) is 5.92 Å². The van der Waals surface area contributed by atoms with Gasteiger partial charge in [-0.2, -0.15) is 0 Å². The van der Waals surface area contributed by atoms with Gasteiger partial charge >= 0.3 is 0 Å². The summed E-state index contributed by atoms with van der Waals surface area (Å²) in [6, 6.07) is 0. The van der Waals surface area contributed by atoms with Gasteiger partial charge in [-0.15, -0.1) is 0 Å². The fourth-order valence-corrected chi connectivity index (χ4v) is 1.30. The van der Waals surface area contributed by atoms with Crippen LogP contribution in [-0.2, 0) is 10.8 Å². The largest absolute Gasteiger partial charge is 0.393 e. The Morgan fingerprint density at radius 3 is 2.30 bits per heavy atom. The number of hydrogen-bond acceptors (Lipinski definition) is 2. The van der Waals surface area contributed by atoms with E-state index < -0.39 is 10.8 Å². The molecule has 0 amide bonds. The summed E-state index contributed by atoms with van der Waals surface area (Å²) in [5.74, 6) is 0.968. The van der Waals surface area contributed by atoms with Crippen molar-refractivity contribution in [3.05, 3.63) is 0 Å². The molecule has 0 bridgehead atoms. The van der Waals surface area contributed by atoms with E-state index in [1.165, 1.54) is 0 Å². The van der Waals surface area contributed by atoms with Crippen molar-refractivity contribution in [2.75, 3.05) is 12.0 Å². The van der Waals surface area contributed by atoms with Crippen LogP contribution in [0.15, 0.2) is 0 Å². The number of aliphatic hydroxyl groups is 1. The van der Waals surface area contributed by atoms with Gasteiger partial charge in [0.1, 0.15) is 0 Å². The summed E-state index contributed by atoms with van der Waals surface area (Å²) in [4.78, 5) is 0. The highest BCUT2D eigenvalue weighted by Gasteiger charge is 2.08. The van der Waals surface area contributed by atoms with E-state index in [1.807, 2.05) is 6.92 Å². The molecule has 2 nitrogen and oxygen atoms in total. The molecule has 0 spiro atoms. The molecule has 0 aliphatic rings. The zero-order chi connectivity index (χ0) is 8.15. The molecule has 0 rings (SSSR count). The third kappa shape index (κ3) is 4.94. The van der Waals surface area contributed by atoms with Gasteiger partial charge in [-0.3, -0.25) is 4.21 Å². The average Bonchev–Trinajstić information content (AvgIpc) is 1.82. The van der Waals surface area contributed by atoms with Gasteiger partial charge in [0.25, 0.3) is 0 Å². The van der Waals surface area contributed by atoms with Gasteiger partial charge in [-0.05, 0) is 19.3 Å². The lowest BCUT2D eigenvalue weighted by molar-refractivity contribution is 0.133. The molecule has 0 aliphatic carbocycles. The number of rotatable bonds is 4. The molecule has 3 heteroatoms. The molecule has 1 N–H and O–H groups in total. The summed E-state index contributed by atoms with van der Waals surface area (Å²) in [6.45, 7) is 3.74. The topological polar surface area (TPSA) is 37.3 Å². The minimum atomic E-state index is -0.714. The highest BCUT2D eigenvalue weighted by atomic mass is 32.2. The third-order valence-corrected chi connectivity index (χ3v) is 2.49. The zero-order valence-electron chi connectivity index (χ0n) is 6.83. The first-order valence-corrected chi connectivity index (χ1v) is 5.25. The predicted octanol–water partition coefficient (Wildman–Crippen LogP) is 0.772. The smallest absolute Gasteiger partial charge is 0.0537 e. The number of hydrogen-bond donors (Lipinski definition) is 1. The standard InChI is InChI=1S/C7H16O2S/c1-6(7(2)8)4-5-10(3)9/h6-8H,4-5H2,1-3H3. The summed E-state index contributed by atoms with van der Waals surface area (Å²) in [7, 11) is -0.714. The van der Waals surface area contributed by atoms with Gasteiger partial charge in [0.15, 0.2) is 0 Å². The van der Waals surface area contributed by atoms with E-state index in [2.05, 4.69) is 0 Å². The summed E-state index contributed by atoms with van der Waals surface area (Å²) in [5.41, 5.74) is 0. The molecule has 0 saturated heterocycles. The van der Waals surface area contributed by atoms with E-state index in [1.54, 1.807) is 13.2 Å². The van der Waals surface area contributed by atoms with Crippen LogP contribution in [0.2, 0.25) is 0 Å². The fraction of sp³-hybridized carbons (Fsp3) is 1.00. The SMILES string of the molecule is CC(O)C(C)CCS(C)=O. The van der Waals surface area contributed by atoms with Crippen molar-refractivity contribution in [3.63, 3.8) is 0 Å². The minimum Gasteiger partial charge on any atom is -0.393 e. The van der Waals surface area contributed by atoms with Crippen molar-refractivity contribution in [3.8, 4) is 0 Å². The van der Waals surface area contributed by atoms with Gasteiger partial charge in [-0.25, -0.2) is 0 Å². The summed E-state index contributed by atoms with van der Waals surface area (Å²) in [5, 5.41) is 9.03. The lowest BCUT2D eigenvalue weighted by atomic mass is 10.0.